The van der Waals surface area contributed by atoms with Crippen LogP contribution in [0.1, 0.15) is 86.1 Å². The summed E-state index contributed by atoms with van der Waals surface area (Å²) in [5.41, 5.74) is 3.73. The van der Waals surface area contributed by atoms with Gasteiger partial charge in [-0.15, -0.1) is 13.2 Å². The number of rotatable bonds is 15. The van der Waals surface area contributed by atoms with Gasteiger partial charge in [-0.3, -0.25) is 9.59 Å². The van der Waals surface area contributed by atoms with Gasteiger partial charge in [0.25, 0.3) is 0 Å². The van der Waals surface area contributed by atoms with Gasteiger partial charge in [0.05, 0.1) is 19.1 Å². The maximum absolute atomic E-state index is 16.0. The number of halogens is 2. The smallest absolute Gasteiger partial charge is 0.308 e. The maximum atomic E-state index is 16.0. The van der Waals surface area contributed by atoms with Crippen molar-refractivity contribution in [3.05, 3.63) is 83.5 Å². The molecule has 2 N–H and O–H groups in total. The van der Waals surface area contributed by atoms with E-state index in [0.717, 1.165) is 48.8 Å². The lowest BCUT2D eigenvalue weighted by Crippen LogP contribution is -2.38. The van der Waals surface area contributed by atoms with Crippen molar-refractivity contribution in [3.63, 3.8) is 0 Å². The second kappa shape index (κ2) is 14.2. The molecule has 2 atom stereocenters. The molecule has 0 radical (unpaired) electrons. The summed E-state index contributed by atoms with van der Waals surface area (Å²) in [6, 6.07) is 5.38. The number of amides is 1. The van der Waals surface area contributed by atoms with Crippen LogP contribution in [-0.4, -0.2) is 29.7 Å². The summed E-state index contributed by atoms with van der Waals surface area (Å²) in [6.45, 7) is 10.9. The molecule has 1 amide bonds. The number of aliphatic hydroxyl groups is 1. The van der Waals surface area contributed by atoms with Crippen molar-refractivity contribution in [1.82, 2.24) is 5.32 Å². The first-order chi connectivity index (χ1) is 18.7. The van der Waals surface area contributed by atoms with Gasteiger partial charge < -0.3 is 15.2 Å². The van der Waals surface area contributed by atoms with Crippen LogP contribution >= 0.6 is 0 Å². The standard InChI is InChI=1S/C32H39F2NO4/c1-5-8-9-10-12-22-16-24(33)15-20(4)30(22)23-17-25(21-13-14-21)31(34)26(18-23)27(19-29(37)39-7-3)35-32(38)28(36)11-6-2/h5-6,15-18,21,27-28,36H,1-2,7-14,19H2,3-4H3,(H,35,38)/t27-,28+/m0/s1. The molecule has 0 spiro atoms. The number of carbonyl (C=O) groups excluding carboxylic acids is 2. The molecule has 1 saturated carbocycles. The quantitative estimate of drug-likeness (QED) is 0.149. The lowest BCUT2D eigenvalue weighted by molar-refractivity contribution is -0.144. The molecule has 210 valence electrons. The van der Waals surface area contributed by atoms with Crippen molar-refractivity contribution in [1.29, 1.82) is 0 Å². The van der Waals surface area contributed by atoms with Crippen LogP contribution in [-0.2, 0) is 20.7 Å². The molecule has 0 aromatic heterocycles. The second-order valence-electron chi connectivity index (χ2n) is 10.1. The fraction of sp³-hybridized carbons (Fsp3) is 0.438. The molecular weight excluding hydrogens is 500 g/mol. The molecule has 0 bridgehead atoms. The van der Waals surface area contributed by atoms with Crippen molar-refractivity contribution in [2.24, 2.45) is 0 Å². The predicted octanol–water partition coefficient (Wildman–Crippen LogP) is 6.76. The Morgan fingerprint density at radius 1 is 1.15 bits per heavy atom. The molecule has 0 aliphatic heterocycles. The third-order valence-corrected chi connectivity index (χ3v) is 6.98. The van der Waals surface area contributed by atoms with Gasteiger partial charge in [0.15, 0.2) is 0 Å². The van der Waals surface area contributed by atoms with Crippen LogP contribution in [0.4, 0.5) is 8.78 Å². The molecular formula is C32H39F2NO4. The van der Waals surface area contributed by atoms with E-state index >= 15 is 4.39 Å². The summed E-state index contributed by atoms with van der Waals surface area (Å²) in [5, 5.41) is 12.8. The highest BCUT2D eigenvalue weighted by atomic mass is 19.1. The van der Waals surface area contributed by atoms with Gasteiger partial charge in [-0.25, -0.2) is 8.78 Å². The van der Waals surface area contributed by atoms with Gasteiger partial charge in [0, 0.05) is 12.0 Å². The van der Waals surface area contributed by atoms with E-state index < -0.39 is 29.8 Å². The van der Waals surface area contributed by atoms with Gasteiger partial charge >= 0.3 is 5.97 Å². The van der Waals surface area contributed by atoms with E-state index in [1.54, 1.807) is 13.0 Å². The molecule has 2 aromatic rings. The van der Waals surface area contributed by atoms with Crippen LogP contribution in [0.3, 0.4) is 0 Å². The summed E-state index contributed by atoms with van der Waals surface area (Å²) < 4.78 is 35.6. The average Bonchev–Trinajstić information content (AvgIpc) is 3.72. The third-order valence-electron chi connectivity index (χ3n) is 6.98. The lowest BCUT2D eigenvalue weighted by atomic mass is 9.87. The Labute approximate surface area is 230 Å². The van der Waals surface area contributed by atoms with Crippen LogP contribution in [0.2, 0.25) is 0 Å². The monoisotopic (exact) mass is 539 g/mol. The Morgan fingerprint density at radius 2 is 1.90 bits per heavy atom. The molecule has 7 heteroatoms. The van der Waals surface area contributed by atoms with Crippen molar-refractivity contribution < 1.29 is 28.2 Å². The van der Waals surface area contributed by atoms with Gasteiger partial charge in [-0.1, -0.05) is 12.2 Å². The van der Waals surface area contributed by atoms with E-state index in [1.165, 1.54) is 18.2 Å². The number of nitrogens with one attached hydrogen (secondary N) is 1. The van der Waals surface area contributed by atoms with Crippen LogP contribution in [0.15, 0.2) is 49.6 Å². The average molecular weight is 540 g/mol. The maximum Gasteiger partial charge on any atom is 0.308 e. The van der Waals surface area contributed by atoms with Crippen molar-refractivity contribution in [2.75, 3.05) is 6.61 Å². The van der Waals surface area contributed by atoms with Crippen LogP contribution in [0.25, 0.3) is 11.1 Å². The van der Waals surface area contributed by atoms with Gasteiger partial charge in [0.1, 0.15) is 17.7 Å². The Hall–Kier alpha value is -3.32. The number of ether oxygens (including phenoxy) is 1. The molecule has 1 aliphatic rings. The first-order valence-electron chi connectivity index (χ1n) is 13.7. The molecule has 5 nitrogen and oxygen atoms in total. The zero-order valence-corrected chi connectivity index (χ0v) is 22.9. The highest BCUT2D eigenvalue weighted by molar-refractivity contribution is 5.82. The zero-order chi connectivity index (χ0) is 28.5. The minimum atomic E-state index is -1.39. The van der Waals surface area contributed by atoms with Crippen LogP contribution in [0.5, 0.6) is 0 Å². The molecule has 0 unspecified atom stereocenters. The highest BCUT2D eigenvalue weighted by Crippen LogP contribution is 2.45. The fourth-order valence-corrected chi connectivity index (χ4v) is 4.94. The van der Waals surface area contributed by atoms with Gasteiger partial charge in [0.2, 0.25) is 5.91 Å². The van der Waals surface area contributed by atoms with Crippen molar-refractivity contribution >= 4 is 11.9 Å². The van der Waals surface area contributed by atoms with E-state index in [4.69, 9.17) is 4.74 Å². The summed E-state index contributed by atoms with van der Waals surface area (Å²) in [7, 11) is 0. The Kier molecular flexibility index (Phi) is 11.0. The molecule has 39 heavy (non-hydrogen) atoms. The Balaban J connectivity index is 2.13. The molecule has 2 aromatic carbocycles. The number of benzene rings is 2. The van der Waals surface area contributed by atoms with E-state index in [0.29, 0.717) is 17.5 Å². The van der Waals surface area contributed by atoms with E-state index in [2.05, 4.69) is 18.5 Å². The molecule has 0 heterocycles. The number of allylic oxidation sites excluding steroid dienone is 1. The number of esters is 1. The number of aryl methyl sites for hydroxylation is 2. The highest BCUT2D eigenvalue weighted by Gasteiger charge is 2.32. The SMILES string of the molecule is C=CCCCCc1cc(F)cc(C)c1-c1cc(C2CC2)c(F)c([C@H](CC(=O)OCC)NC(=O)[C@H](O)CC=C)c1. The minimum Gasteiger partial charge on any atom is -0.466 e. The van der Waals surface area contributed by atoms with E-state index in [-0.39, 0.29) is 36.7 Å². The Morgan fingerprint density at radius 3 is 2.54 bits per heavy atom. The molecule has 0 saturated heterocycles. The summed E-state index contributed by atoms with van der Waals surface area (Å²) in [5.74, 6) is -2.11. The van der Waals surface area contributed by atoms with Crippen molar-refractivity contribution in [2.45, 2.75) is 83.3 Å². The number of unbranched alkanes of at least 4 members (excludes halogenated alkanes) is 2. The summed E-state index contributed by atoms with van der Waals surface area (Å²) in [6.07, 6.45) is 6.53. The normalized spacial score (nSPS) is 14.4. The minimum absolute atomic E-state index is 0.0117. The van der Waals surface area contributed by atoms with Gasteiger partial charge in [-0.05, 0) is 110 Å². The fourth-order valence-electron chi connectivity index (χ4n) is 4.94. The number of hydrogen-bond donors (Lipinski definition) is 2. The summed E-state index contributed by atoms with van der Waals surface area (Å²) in [4.78, 5) is 25.2. The first-order valence-corrected chi connectivity index (χ1v) is 13.7. The summed E-state index contributed by atoms with van der Waals surface area (Å²) >= 11 is 0. The zero-order valence-electron chi connectivity index (χ0n) is 22.9. The van der Waals surface area contributed by atoms with E-state index in [1.807, 2.05) is 19.1 Å². The largest absolute Gasteiger partial charge is 0.466 e. The number of hydrogen-bond acceptors (Lipinski definition) is 4. The lowest BCUT2D eigenvalue weighted by Gasteiger charge is -2.24. The first kappa shape index (κ1) is 30.2. The second-order valence-corrected chi connectivity index (χ2v) is 10.1. The predicted molar refractivity (Wildman–Crippen MR) is 149 cm³/mol. The number of aliphatic hydroxyl groups excluding tert-OH is 1. The molecule has 1 fully saturated rings. The molecule has 1 aliphatic carbocycles. The Bertz CT molecular complexity index is 1210. The van der Waals surface area contributed by atoms with Gasteiger partial charge in [-0.2, -0.15) is 0 Å². The van der Waals surface area contributed by atoms with Crippen LogP contribution in [0, 0.1) is 18.6 Å². The third kappa shape index (κ3) is 8.09. The van der Waals surface area contributed by atoms with E-state index in [9.17, 15) is 19.1 Å². The topological polar surface area (TPSA) is 75.6 Å². The van der Waals surface area contributed by atoms with Crippen molar-refractivity contribution in [3.8, 4) is 11.1 Å². The van der Waals surface area contributed by atoms with Crippen LogP contribution < -0.4 is 5.32 Å². The molecule has 3 rings (SSSR count). The number of carbonyl (C=O) groups is 2.